The van der Waals surface area contributed by atoms with Gasteiger partial charge in [-0.1, -0.05) is 83.9 Å². The summed E-state index contributed by atoms with van der Waals surface area (Å²) >= 11 is 0. The summed E-state index contributed by atoms with van der Waals surface area (Å²) in [5, 5.41) is 45.0. The molecule has 1 fully saturated rings. The topological polar surface area (TPSA) is 135 Å². The summed E-state index contributed by atoms with van der Waals surface area (Å²) in [4.78, 5) is 13.5. The van der Waals surface area contributed by atoms with E-state index in [9.17, 15) is 25.2 Å². The van der Waals surface area contributed by atoms with E-state index in [1.54, 1.807) is 26.0 Å². The fourth-order valence-corrected chi connectivity index (χ4v) is 6.54. The highest BCUT2D eigenvalue weighted by Crippen LogP contribution is 2.41. The van der Waals surface area contributed by atoms with Gasteiger partial charge in [0.15, 0.2) is 5.79 Å². The van der Waals surface area contributed by atoms with Gasteiger partial charge in [-0.05, 0) is 38.2 Å². The normalized spacial score (nSPS) is 41.2. The number of allylic oxidation sites excluding steroid dienone is 5. The number of rotatable bonds is 7. The number of aliphatic hydroxyl groups excluding tert-OH is 3. The van der Waals surface area contributed by atoms with Gasteiger partial charge in [0.1, 0.15) is 12.2 Å². The Morgan fingerprint density at radius 1 is 1.05 bits per heavy atom. The Labute approximate surface area is 264 Å². The van der Waals surface area contributed by atoms with Crippen molar-refractivity contribution in [3.8, 4) is 0 Å². The zero-order chi connectivity index (χ0) is 33.5. The molecule has 2 aliphatic rings. The van der Waals surface area contributed by atoms with Gasteiger partial charge in [0, 0.05) is 37.2 Å². The molecule has 0 amide bonds. The number of carbonyl (C=O) groups excluding carboxylic acids is 1. The van der Waals surface area contributed by atoms with E-state index in [1.165, 1.54) is 14.2 Å². The number of hydrogen-bond acceptors (Lipinski definition) is 9. The smallest absolute Gasteiger partial charge is 0.373 e. The van der Waals surface area contributed by atoms with Gasteiger partial charge in [0.05, 0.1) is 31.5 Å². The molecule has 0 unspecified atom stereocenters. The van der Waals surface area contributed by atoms with Gasteiger partial charge < -0.3 is 39.4 Å². The third-order valence-electron chi connectivity index (χ3n) is 9.50. The number of methoxy groups -OCH3 is 2. The van der Waals surface area contributed by atoms with Crippen LogP contribution in [0.5, 0.6) is 0 Å². The molecular formula is C35H58O9. The summed E-state index contributed by atoms with van der Waals surface area (Å²) < 4.78 is 23.4. The Balaban J connectivity index is 2.52. The lowest BCUT2D eigenvalue weighted by atomic mass is 9.76. The second-order valence-electron chi connectivity index (χ2n) is 13.6. The van der Waals surface area contributed by atoms with E-state index in [4.69, 9.17) is 18.9 Å². The van der Waals surface area contributed by atoms with Crippen molar-refractivity contribution in [2.24, 2.45) is 35.5 Å². The summed E-state index contributed by atoms with van der Waals surface area (Å²) in [5.74, 6) is -4.49. The Morgan fingerprint density at radius 3 is 2.25 bits per heavy atom. The van der Waals surface area contributed by atoms with Crippen LogP contribution in [0.1, 0.15) is 75.2 Å². The number of carbonyl (C=O) groups is 1. The summed E-state index contributed by atoms with van der Waals surface area (Å²) in [5.41, 5.74) is 1.78. The zero-order valence-corrected chi connectivity index (χ0v) is 28.6. The summed E-state index contributed by atoms with van der Waals surface area (Å²) in [7, 11) is 2.87. The van der Waals surface area contributed by atoms with Gasteiger partial charge in [-0.15, -0.1) is 0 Å². The molecule has 4 N–H and O–H groups in total. The van der Waals surface area contributed by atoms with Crippen molar-refractivity contribution in [1.82, 2.24) is 0 Å². The van der Waals surface area contributed by atoms with Crippen molar-refractivity contribution >= 4 is 5.97 Å². The van der Waals surface area contributed by atoms with E-state index in [-0.39, 0.29) is 35.9 Å². The van der Waals surface area contributed by atoms with Crippen molar-refractivity contribution < 1.29 is 44.2 Å². The average Bonchev–Trinajstić information content (AvgIpc) is 2.96. The number of hydrogen-bond donors (Lipinski definition) is 4. The van der Waals surface area contributed by atoms with E-state index in [0.29, 0.717) is 6.42 Å². The minimum atomic E-state index is -1.80. The SMILES string of the molecule is CO/C1=C/C(C)=C/[C@@H](C)[C@@H](O)[C@@H](C)C/C(C)=C/C=C\[C@H](OC)[C@H]([C@@H](C)[C@@H](O)[C@H](C)[C@@]2(O)C[C@@H](O)[C@H](C)[C@@H](C(C)C)O2)OC1=O. The molecule has 0 aromatic heterocycles. The van der Waals surface area contributed by atoms with Crippen LogP contribution in [0.2, 0.25) is 0 Å². The zero-order valence-electron chi connectivity index (χ0n) is 28.6. The molecule has 2 rings (SSSR count). The summed E-state index contributed by atoms with van der Waals surface area (Å²) in [6, 6.07) is 0. The molecule has 0 aromatic carbocycles. The summed E-state index contributed by atoms with van der Waals surface area (Å²) in [6.45, 7) is 17.0. The van der Waals surface area contributed by atoms with Crippen LogP contribution in [0.15, 0.2) is 47.3 Å². The van der Waals surface area contributed by atoms with Crippen LogP contribution in [0, 0.1) is 35.5 Å². The third kappa shape index (κ3) is 9.50. The standard InChI is InChI=1S/C35H58O9/c1-19(2)32-24(7)27(36)18-35(40,44-32)26(9)31(38)25(8)33-28(41-10)14-12-13-20(3)15-22(5)30(37)23(6)16-21(4)17-29(42-11)34(39)43-33/h12-14,16-17,19,22-28,30-33,36-38,40H,15,18H2,1-11H3/b14-12-,20-13+,21-16+,29-17+/t22-,23+,24-,25-,26-,27+,28-,30-,31+,32+,33-,35+/m0/s1. The molecule has 0 aliphatic carbocycles. The maximum absolute atomic E-state index is 13.5. The first-order valence-electron chi connectivity index (χ1n) is 15.9. The van der Waals surface area contributed by atoms with E-state index >= 15 is 0 Å². The van der Waals surface area contributed by atoms with E-state index in [1.807, 2.05) is 66.7 Å². The third-order valence-corrected chi connectivity index (χ3v) is 9.50. The molecule has 0 radical (unpaired) electrons. The highest BCUT2D eigenvalue weighted by molar-refractivity contribution is 5.87. The quantitative estimate of drug-likeness (QED) is 0.298. The van der Waals surface area contributed by atoms with E-state index in [2.05, 4.69) is 0 Å². The van der Waals surface area contributed by atoms with Crippen LogP contribution < -0.4 is 0 Å². The number of esters is 1. The highest BCUT2D eigenvalue weighted by atomic mass is 16.6. The van der Waals surface area contributed by atoms with Gasteiger partial charge in [-0.25, -0.2) is 4.79 Å². The van der Waals surface area contributed by atoms with Crippen LogP contribution >= 0.6 is 0 Å². The molecule has 9 nitrogen and oxygen atoms in total. The van der Waals surface area contributed by atoms with Crippen LogP contribution in [0.3, 0.4) is 0 Å². The van der Waals surface area contributed by atoms with Gasteiger partial charge in [-0.3, -0.25) is 0 Å². The van der Waals surface area contributed by atoms with Crippen molar-refractivity contribution in [2.45, 2.75) is 118 Å². The van der Waals surface area contributed by atoms with Crippen molar-refractivity contribution in [3.05, 3.63) is 47.3 Å². The van der Waals surface area contributed by atoms with E-state index < -0.39 is 60.2 Å². The molecule has 0 aromatic rings. The van der Waals surface area contributed by atoms with Gasteiger partial charge in [0.2, 0.25) is 5.76 Å². The molecular weight excluding hydrogens is 564 g/mol. The Bertz CT molecular complexity index is 1060. The number of ether oxygens (including phenoxy) is 4. The minimum absolute atomic E-state index is 0.00492. The molecule has 0 saturated carbocycles. The maximum Gasteiger partial charge on any atom is 0.373 e. The Morgan fingerprint density at radius 2 is 1.68 bits per heavy atom. The Hall–Kier alpha value is -2.01. The fraction of sp³-hybridized carbons (Fsp3) is 0.743. The second-order valence-corrected chi connectivity index (χ2v) is 13.6. The summed E-state index contributed by atoms with van der Waals surface area (Å²) in [6.07, 6.45) is 4.85. The van der Waals surface area contributed by atoms with Crippen molar-refractivity contribution in [1.29, 1.82) is 0 Å². The molecule has 44 heavy (non-hydrogen) atoms. The predicted molar refractivity (Wildman–Crippen MR) is 170 cm³/mol. The maximum atomic E-state index is 13.5. The first-order valence-corrected chi connectivity index (χ1v) is 15.9. The predicted octanol–water partition coefficient (Wildman–Crippen LogP) is 4.69. The van der Waals surface area contributed by atoms with Gasteiger partial charge in [0.25, 0.3) is 0 Å². The lowest BCUT2D eigenvalue weighted by molar-refractivity contribution is -0.328. The monoisotopic (exact) mass is 622 g/mol. The molecule has 9 heteroatoms. The lowest BCUT2D eigenvalue weighted by Gasteiger charge is -2.49. The number of aliphatic hydroxyl groups is 4. The van der Waals surface area contributed by atoms with Crippen LogP contribution in [0.25, 0.3) is 0 Å². The van der Waals surface area contributed by atoms with Gasteiger partial charge >= 0.3 is 5.97 Å². The van der Waals surface area contributed by atoms with Crippen LogP contribution in [0.4, 0.5) is 0 Å². The molecule has 0 spiro atoms. The highest BCUT2D eigenvalue weighted by Gasteiger charge is 2.51. The minimum Gasteiger partial charge on any atom is -0.490 e. The molecule has 0 bridgehead atoms. The molecule has 2 aliphatic heterocycles. The molecule has 252 valence electrons. The average molecular weight is 623 g/mol. The molecule has 2 heterocycles. The van der Waals surface area contributed by atoms with Crippen LogP contribution in [-0.4, -0.2) is 83.0 Å². The first kappa shape index (κ1) is 38.2. The fourth-order valence-electron chi connectivity index (χ4n) is 6.54. The molecule has 1 saturated heterocycles. The largest absolute Gasteiger partial charge is 0.490 e. The second kappa shape index (κ2) is 16.5. The lowest BCUT2D eigenvalue weighted by Crippen LogP contribution is -2.59. The van der Waals surface area contributed by atoms with Crippen molar-refractivity contribution in [2.75, 3.05) is 14.2 Å². The van der Waals surface area contributed by atoms with Crippen molar-refractivity contribution in [3.63, 3.8) is 0 Å². The Kier molecular flexibility index (Phi) is 14.3. The van der Waals surface area contributed by atoms with Crippen LogP contribution in [-0.2, 0) is 23.7 Å². The van der Waals surface area contributed by atoms with Gasteiger partial charge in [-0.2, -0.15) is 0 Å². The van der Waals surface area contributed by atoms with E-state index in [0.717, 1.165) is 11.1 Å². The first-order chi connectivity index (χ1) is 20.5. The number of cyclic esters (lactones) is 1. The molecule has 12 atom stereocenters.